The van der Waals surface area contributed by atoms with Crippen molar-refractivity contribution in [2.24, 2.45) is 5.92 Å². The average Bonchev–Trinajstić information content (AvgIpc) is 3.08. The predicted molar refractivity (Wildman–Crippen MR) is 90.6 cm³/mol. The molecule has 0 saturated carbocycles. The Bertz CT molecular complexity index is 600. The summed E-state index contributed by atoms with van der Waals surface area (Å²) >= 11 is 0. The highest BCUT2D eigenvalue weighted by Crippen LogP contribution is 2.31. The summed E-state index contributed by atoms with van der Waals surface area (Å²) in [6, 6.07) is 2.07. The highest BCUT2D eigenvalue weighted by molar-refractivity contribution is 5.92. The van der Waals surface area contributed by atoms with Crippen LogP contribution in [0.1, 0.15) is 36.7 Å². The molecule has 0 radical (unpaired) electrons. The van der Waals surface area contributed by atoms with Crippen LogP contribution in [0.15, 0.2) is 12.3 Å². The largest absolute Gasteiger partial charge is 0.338 e. The van der Waals surface area contributed by atoms with Crippen LogP contribution < -0.4 is 5.32 Å². The summed E-state index contributed by atoms with van der Waals surface area (Å²) in [7, 11) is 1.91. The Morgan fingerprint density at radius 1 is 1.42 bits per heavy atom. The summed E-state index contributed by atoms with van der Waals surface area (Å²) < 4.78 is 1.75. The number of carbonyl (C=O) groups is 2. The number of hydrogen-bond acceptors (Lipinski definition) is 4. The fourth-order valence-corrected chi connectivity index (χ4v) is 3.99. The third-order valence-electron chi connectivity index (χ3n) is 5.27. The third-order valence-corrected chi connectivity index (χ3v) is 5.27. The number of aromatic nitrogens is 2. The van der Waals surface area contributed by atoms with E-state index in [9.17, 15) is 9.59 Å². The molecule has 132 valence electrons. The number of carbonyl (C=O) groups excluding carboxylic acids is 2. The number of piperidine rings is 2. The van der Waals surface area contributed by atoms with Gasteiger partial charge in [0.2, 0.25) is 5.91 Å². The van der Waals surface area contributed by atoms with Crippen LogP contribution in [0.2, 0.25) is 0 Å². The predicted octanol–water partition coefficient (Wildman–Crippen LogP) is 0.576. The molecule has 0 unspecified atom stereocenters. The minimum absolute atomic E-state index is 0.0616. The maximum Gasteiger partial charge on any atom is 0.272 e. The smallest absolute Gasteiger partial charge is 0.272 e. The molecule has 0 aliphatic carbocycles. The lowest BCUT2D eigenvalue weighted by molar-refractivity contribution is -0.140. The van der Waals surface area contributed by atoms with E-state index in [0.29, 0.717) is 31.1 Å². The monoisotopic (exact) mass is 333 g/mol. The van der Waals surface area contributed by atoms with Crippen LogP contribution >= 0.6 is 0 Å². The van der Waals surface area contributed by atoms with Gasteiger partial charge in [-0.1, -0.05) is 0 Å². The summed E-state index contributed by atoms with van der Waals surface area (Å²) in [5.41, 5.74) is 0.662. The minimum atomic E-state index is 0.0616. The molecule has 1 aromatic rings. The van der Waals surface area contributed by atoms with Gasteiger partial charge in [-0.25, -0.2) is 0 Å². The number of likely N-dealkylation sites (N-methyl/N-ethyl adjacent to an activating group) is 1. The van der Waals surface area contributed by atoms with Gasteiger partial charge in [0.25, 0.3) is 5.91 Å². The molecule has 2 fully saturated rings. The molecule has 2 aliphatic heterocycles. The van der Waals surface area contributed by atoms with Crippen molar-refractivity contribution >= 4 is 11.8 Å². The number of hydrogen-bond donors (Lipinski definition) is 1. The number of nitrogens with one attached hydrogen (secondary N) is 1. The molecule has 2 saturated heterocycles. The van der Waals surface area contributed by atoms with E-state index in [2.05, 4.69) is 10.4 Å². The zero-order valence-electron chi connectivity index (χ0n) is 14.6. The van der Waals surface area contributed by atoms with Crippen LogP contribution in [0.3, 0.4) is 0 Å². The first-order valence-corrected chi connectivity index (χ1v) is 8.90. The lowest BCUT2D eigenvalue weighted by Gasteiger charge is -2.47. The highest BCUT2D eigenvalue weighted by atomic mass is 16.2. The molecule has 1 N–H and O–H groups in total. The van der Waals surface area contributed by atoms with E-state index in [4.69, 9.17) is 0 Å². The Morgan fingerprint density at radius 3 is 3.00 bits per heavy atom. The summed E-state index contributed by atoms with van der Waals surface area (Å²) in [5.74, 6) is 0.706. The van der Waals surface area contributed by atoms with Gasteiger partial charge in [0.15, 0.2) is 0 Å². The van der Waals surface area contributed by atoms with E-state index in [1.165, 1.54) is 0 Å². The fraction of sp³-hybridized carbons (Fsp3) is 0.706. The Kier molecular flexibility index (Phi) is 5.18. The van der Waals surface area contributed by atoms with Crippen LogP contribution in [0.25, 0.3) is 0 Å². The molecule has 3 rings (SSSR count). The second-order valence-electron chi connectivity index (χ2n) is 6.63. The first-order chi connectivity index (χ1) is 11.7. The van der Waals surface area contributed by atoms with Crippen LogP contribution in [-0.2, 0) is 11.3 Å². The van der Waals surface area contributed by atoms with Gasteiger partial charge < -0.3 is 15.1 Å². The van der Waals surface area contributed by atoms with Gasteiger partial charge in [-0.3, -0.25) is 14.3 Å². The molecule has 0 spiro atoms. The number of aryl methyl sites for hydroxylation is 1. The molecule has 1 aromatic heterocycles. The quantitative estimate of drug-likeness (QED) is 0.855. The van der Waals surface area contributed by atoms with Crippen molar-refractivity contribution in [1.29, 1.82) is 0 Å². The molecule has 24 heavy (non-hydrogen) atoms. The summed E-state index contributed by atoms with van der Waals surface area (Å²) in [6.45, 7) is 5.70. The Morgan fingerprint density at radius 2 is 2.25 bits per heavy atom. The topological polar surface area (TPSA) is 70.5 Å². The number of likely N-dealkylation sites (tertiary alicyclic amines) is 2. The standard InChI is InChI=1S/C17H27N5O2/c1-3-22-15(6-8-19-22)17(24)20-10-7-14-13(12-20)4-5-16(23)21(14)11-9-18-2/h6,8,13-14,18H,3-5,7,9-12H2,1-2H3/t13-,14+/m0/s1. The van der Waals surface area contributed by atoms with E-state index in [0.717, 1.165) is 32.5 Å². The van der Waals surface area contributed by atoms with Crippen LogP contribution in [-0.4, -0.2) is 70.7 Å². The number of rotatable bonds is 5. The van der Waals surface area contributed by atoms with E-state index < -0.39 is 0 Å². The van der Waals surface area contributed by atoms with E-state index >= 15 is 0 Å². The molecule has 2 amide bonds. The molecule has 7 heteroatoms. The van der Waals surface area contributed by atoms with Gasteiger partial charge >= 0.3 is 0 Å². The van der Waals surface area contributed by atoms with Gasteiger partial charge in [0.05, 0.1) is 0 Å². The van der Waals surface area contributed by atoms with Crippen molar-refractivity contribution in [1.82, 2.24) is 24.9 Å². The van der Waals surface area contributed by atoms with E-state index in [1.807, 2.05) is 23.8 Å². The lowest BCUT2D eigenvalue weighted by atomic mass is 9.83. The second-order valence-corrected chi connectivity index (χ2v) is 6.63. The van der Waals surface area contributed by atoms with Crippen LogP contribution in [0, 0.1) is 5.92 Å². The summed E-state index contributed by atoms with van der Waals surface area (Å²) in [5, 5.41) is 7.32. The highest BCUT2D eigenvalue weighted by Gasteiger charge is 2.40. The normalized spacial score (nSPS) is 24.2. The lowest BCUT2D eigenvalue weighted by Crippen LogP contribution is -2.57. The molecule has 0 bridgehead atoms. The SMILES string of the molecule is CCn1nccc1C(=O)N1CC[C@@H]2[C@@H](CCC(=O)N2CCNC)C1. The first-order valence-electron chi connectivity index (χ1n) is 8.90. The third kappa shape index (κ3) is 3.17. The molecular formula is C17H27N5O2. The Labute approximate surface area is 143 Å². The molecule has 2 atom stereocenters. The Hall–Kier alpha value is -1.89. The zero-order valence-corrected chi connectivity index (χ0v) is 14.6. The summed E-state index contributed by atoms with van der Waals surface area (Å²) in [6.07, 6.45) is 4.03. The van der Waals surface area contributed by atoms with Crippen LogP contribution in [0.5, 0.6) is 0 Å². The van der Waals surface area contributed by atoms with E-state index in [1.54, 1.807) is 16.9 Å². The van der Waals surface area contributed by atoms with Gasteiger partial charge in [0, 0.05) is 51.4 Å². The van der Waals surface area contributed by atoms with E-state index in [-0.39, 0.29) is 17.9 Å². The zero-order chi connectivity index (χ0) is 17.1. The molecular weight excluding hydrogens is 306 g/mol. The second kappa shape index (κ2) is 7.34. The minimum Gasteiger partial charge on any atom is -0.338 e. The van der Waals surface area contributed by atoms with Crippen molar-refractivity contribution in [3.8, 4) is 0 Å². The van der Waals surface area contributed by atoms with Crippen molar-refractivity contribution in [3.05, 3.63) is 18.0 Å². The van der Waals surface area contributed by atoms with Crippen molar-refractivity contribution in [2.45, 2.75) is 38.8 Å². The first kappa shape index (κ1) is 17.0. The van der Waals surface area contributed by atoms with Gasteiger partial charge in [0.1, 0.15) is 5.69 Å². The molecule has 0 aromatic carbocycles. The number of amides is 2. The van der Waals surface area contributed by atoms with Gasteiger partial charge in [-0.2, -0.15) is 5.10 Å². The number of fused-ring (bicyclic) bond motifs is 1. The van der Waals surface area contributed by atoms with Crippen molar-refractivity contribution in [2.75, 3.05) is 33.2 Å². The van der Waals surface area contributed by atoms with Gasteiger partial charge in [-0.15, -0.1) is 0 Å². The van der Waals surface area contributed by atoms with Gasteiger partial charge in [-0.05, 0) is 38.8 Å². The molecule has 3 heterocycles. The fourth-order valence-electron chi connectivity index (χ4n) is 3.99. The summed E-state index contributed by atoms with van der Waals surface area (Å²) in [4.78, 5) is 29.0. The van der Waals surface area contributed by atoms with Crippen molar-refractivity contribution < 1.29 is 9.59 Å². The van der Waals surface area contributed by atoms with Crippen LogP contribution in [0.4, 0.5) is 0 Å². The average molecular weight is 333 g/mol. The molecule has 7 nitrogen and oxygen atoms in total. The van der Waals surface area contributed by atoms with Crippen molar-refractivity contribution in [3.63, 3.8) is 0 Å². The maximum atomic E-state index is 12.8. The number of nitrogens with zero attached hydrogens (tertiary/aromatic N) is 4. The molecule has 2 aliphatic rings. The maximum absolute atomic E-state index is 12.8. The Balaban J connectivity index is 1.68.